The molecule has 0 spiro atoms. The first kappa shape index (κ1) is 11.2. The number of rotatable bonds is 2. The third-order valence-electron chi connectivity index (χ3n) is 2.21. The first-order valence-corrected chi connectivity index (χ1v) is 5.99. The second-order valence-corrected chi connectivity index (χ2v) is 5.68. The van der Waals surface area contributed by atoms with Crippen molar-refractivity contribution in [2.75, 3.05) is 0 Å². The fraction of sp³-hybridized carbons (Fsp3) is 0.500. The van der Waals surface area contributed by atoms with Crippen LogP contribution in [-0.4, -0.2) is 9.81 Å². The summed E-state index contributed by atoms with van der Waals surface area (Å²) in [5.74, 6) is 0.452. The molecule has 0 N–H and O–H groups in total. The number of hydrogen-bond donors (Lipinski definition) is 0. The van der Waals surface area contributed by atoms with Crippen molar-refractivity contribution in [3.63, 3.8) is 0 Å². The number of hydrogen-bond acceptors (Lipinski definition) is 1. The van der Waals surface area contributed by atoms with E-state index in [2.05, 4.69) is 63.7 Å². The summed E-state index contributed by atoms with van der Waals surface area (Å²) in [6.07, 6.45) is 1.86. The van der Waals surface area contributed by atoms with E-state index in [-0.39, 0.29) is 0 Å². The van der Waals surface area contributed by atoms with Crippen molar-refractivity contribution in [1.82, 2.24) is 4.98 Å². The predicted octanol–water partition coefficient (Wildman–Crippen LogP) is 4.04. The van der Waals surface area contributed by atoms with Crippen molar-refractivity contribution in [1.29, 1.82) is 0 Å². The van der Waals surface area contributed by atoms with Crippen LogP contribution >= 0.6 is 31.9 Å². The number of nitrogens with zero attached hydrogens (tertiary/aromatic N) is 1. The Labute approximate surface area is 96.2 Å². The molecular weight excluding hydrogens is 294 g/mol. The summed E-state index contributed by atoms with van der Waals surface area (Å²) >= 11 is 6.99. The van der Waals surface area contributed by atoms with E-state index in [9.17, 15) is 0 Å². The van der Waals surface area contributed by atoms with Crippen molar-refractivity contribution < 1.29 is 0 Å². The number of halogens is 2. The molecule has 1 aromatic rings. The van der Waals surface area contributed by atoms with Gasteiger partial charge >= 0.3 is 0 Å². The lowest BCUT2D eigenvalue weighted by Crippen LogP contribution is -2.08. The SMILES string of the molecule is Cc1cc(Br)cnc1C(C)C(C)Br. The van der Waals surface area contributed by atoms with Gasteiger partial charge in [0.1, 0.15) is 0 Å². The summed E-state index contributed by atoms with van der Waals surface area (Å²) in [6, 6.07) is 2.11. The third kappa shape index (κ3) is 2.78. The van der Waals surface area contributed by atoms with Gasteiger partial charge in [-0.2, -0.15) is 0 Å². The van der Waals surface area contributed by atoms with Crippen molar-refractivity contribution in [2.45, 2.75) is 31.5 Å². The maximum absolute atomic E-state index is 4.42. The Kier molecular flexibility index (Phi) is 3.92. The van der Waals surface area contributed by atoms with E-state index < -0.39 is 0 Å². The van der Waals surface area contributed by atoms with E-state index in [1.807, 2.05) is 6.20 Å². The lowest BCUT2D eigenvalue weighted by atomic mass is 10.0. The molecule has 0 aliphatic rings. The fourth-order valence-corrected chi connectivity index (χ4v) is 1.94. The molecule has 0 aromatic carbocycles. The van der Waals surface area contributed by atoms with Gasteiger partial charge in [-0.3, -0.25) is 4.98 Å². The van der Waals surface area contributed by atoms with E-state index in [1.165, 1.54) is 11.3 Å². The highest BCUT2D eigenvalue weighted by atomic mass is 79.9. The molecule has 2 atom stereocenters. The van der Waals surface area contributed by atoms with Crippen LogP contribution in [0.5, 0.6) is 0 Å². The maximum Gasteiger partial charge on any atom is 0.0472 e. The highest BCUT2D eigenvalue weighted by Crippen LogP contribution is 2.26. The number of alkyl halides is 1. The zero-order valence-corrected chi connectivity index (χ0v) is 11.2. The van der Waals surface area contributed by atoms with Crippen LogP contribution in [0.15, 0.2) is 16.7 Å². The molecule has 1 heterocycles. The predicted molar refractivity (Wildman–Crippen MR) is 63.5 cm³/mol. The first-order chi connectivity index (χ1) is 6.02. The normalized spacial score (nSPS) is 15.5. The summed E-state index contributed by atoms with van der Waals surface area (Å²) in [4.78, 5) is 4.88. The molecule has 0 saturated carbocycles. The van der Waals surface area contributed by atoms with Gasteiger partial charge in [0.05, 0.1) is 0 Å². The first-order valence-electron chi connectivity index (χ1n) is 4.28. The van der Waals surface area contributed by atoms with Gasteiger partial charge in [0.25, 0.3) is 0 Å². The molecule has 1 aromatic heterocycles. The topological polar surface area (TPSA) is 12.9 Å². The van der Waals surface area contributed by atoms with E-state index >= 15 is 0 Å². The van der Waals surface area contributed by atoms with Crippen LogP contribution < -0.4 is 0 Å². The van der Waals surface area contributed by atoms with Crippen molar-refractivity contribution in [2.24, 2.45) is 0 Å². The second kappa shape index (κ2) is 4.56. The van der Waals surface area contributed by atoms with Gasteiger partial charge in [-0.05, 0) is 34.5 Å². The molecule has 13 heavy (non-hydrogen) atoms. The molecule has 1 rings (SSSR count). The van der Waals surface area contributed by atoms with Crippen LogP contribution in [0.1, 0.15) is 31.0 Å². The molecule has 72 valence electrons. The van der Waals surface area contributed by atoms with Gasteiger partial charge in [-0.15, -0.1) is 0 Å². The number of aryl methyl sites for hydroxylation is 1. The van der Waals surface area contributed by atoms with Crippen LogP contribution in [0, 0.1) is 6.92 Å². The summed E-state index contributed by atoms with van der Waals surface area (Å²) in [7, 11) is 0. The largest absolute Gasteiger partial charge is 0.260 e. The Morgan fingerprint density at radius 3 is 2.46 bits per heavy atom. The molecule has 0 saturated heterocycles. The Hall–Kier alpha value is 0.110. The molecule has 0 fully saturated rings. The molecule has 0 aliphatic carbocycles. The lowest BCUT2D eigenvalue weighted by Gasteiger charge is -2.15. The Balaban J connectivity index is 3.01. The number of pyridine rings is 1. The van der Waals surface area contributed by atoms with Gasteiger partial charge in [0.2, 0.25) is 0 Å². The summed E-state index contributed by atoms with van der Waals surface area (Å²) in [6.45, 7) is 6.43. The minimum absolute atomic E-state index is 0.452. The highest BCUT2D eigenvalue weighted by molar-refractivity contribution is 9.10. The van der Waals surface area contributed by atoms with E-state index in [4.69, 9.17) is 0 Å². The van der Waals surface area contributed by atoms with Crippen LogP contribution in [0.2, 0.25) is 0 Å². The smallest absolute Gasteiger partial charge is 0.0472 e. The van der Waals surface area contributed by atoms with Crippen LogP contribution in [0.25, 0.3) is 0 Å². The van der Waals surface area contributed by atoms with Gasteiger partial charge in [-0.25, -0.2) is 0 Å². The fourth-order valence-electron chi connectivity index (χ4n) is 1.25. The van der Waals surface area contributed by atoms with Crippen molar-refractivity contribution in [3.05, 3.63) is 28.0 Å². The zero-order chi connectivity index (χ0) is 10.0. The molecular formula is C10H13Br2N. The monoisotopic (exact) mass is 305 g/mol. The van der Waals surface area contributed by atoms with Gasteiger partial charge in [0, 0.05) is 27.1 Å². The second-order valence-electron chi connectivity index (χ2n) is 3.32. The highest BCUT2D eigenvalue weighted by Gasteiger charge is 2.14. The Morgan fingerprint density at radius 2 is 2.00 bits per heavy atom. The maximum atomic E-state index is 4.42. The van der Waals surface area contributed by atoms with E-state index in [1.54, 1.807) is 0 Å². The third-order valence-corrected chi connectivity index (χ3v) is 3.43. The summed E-state index contributed by atoms with van der Waals surface area (Å²) < 4.78 is 1.04. The molecule has 1 nitrogen and oxygen atoms in total. The van der Waals surface area contributed by atoms with Crippen molar-refractivity contribution in [3.8, 4) is 0 Å². The van der Waals surface area contributed by atoms with E-state index in [0.717, 1.165) is 4.47 Å². The minimum atomic E-state index is 0.452. The van der Waals surface area contributed by atoms with Crippen LogP contribution in [-0.2, 0) is 0 Å². The summed E-state index contributed by atoms with van der Waals surface area (Å²) in [5.41, 5.74) is 2.42. The Bertz CT molecular complexity index is 297. The molecule has 0 aliphatic heterocycles. The molecule has 0 radical (unpaired) electrons. The van der Waals surface area contributed by atoms with Gasteiger partial charge in [0.15, 0.2) is 0 Å². The quantitative estimate of drug-likeness (QED) is 0.752. The average Bonchev–Trinajstić information content (AvgIpc) is 2.03. The van der Waals surface area contributed by atoms with Gasteiger partial charge in [-0.1, -0.05) is 29.8 Å². The Morgan fingerprint density at radius 1 is 1.38 bits per heavy atom. The lowest BCUT2D eigenvalue weighted by molar-refractivity contribution is 0.726. The van der Waals surface area contributed by atoms with Gasteiger partial charge < -0.3 is 0 Å². The average molecular weight is 307 g/mol. The standard InChI is InChI=1S/C10H13Br2N/c1-6-4-9(12)5-13-10(6)7(2)8(3)11/h4-5,7-8H,1-3H3. The van der Waals surface area contributed by atoms with Crippen LogP contribution in [0.4, 0.5) is 0 Å². The molecule has 3 heteroatoms. The molecule has 0 bridgehead atoms. The molecule has 0 amide bonds. The molecule has 2 unspecified atom stereocenters. The number of aromatic nitrogens is 1. The van der Waals surface area contributed by atoms with Crippen molar-refractivity contribution >= 4 is 31.9 Å². The summed E-state index contributed by atoms with van der Waals surface area (Å²) in [5, 5.41) is 0. The zero-order valence-electron chi connectivity index (χ0n) is 8.01. The van der Waals surface area contributed by atoms with E-state index in [0.29, 0.717) is 10.7 Å². The van der Waals surface area contributed by atoms with Crippen LogP contribution in [0.3, 0.4) is 0 Å². The minimum Gasteiger partial charge on any atom is -0.260 e.